The topological polar surface area (TPSA) is 65.2 Å². The second kappa shape index (κ2) is 6.02. The molecular formula is C10H11BrF2N2O2. The second-order valence-corrected chi connectivity index (χ2v) is 3.84. The summed E-state index contributed by atoms with van der Waals surface area (Å²) in [7, 11) is 0. The molecule has 0 fully saturated rings. The van der Waals surface area contributed by atoms with E-state index in [1.165, 1.54) is 6.20 Å². The number of carbonyl (C=O) groups excluding carboxylic acids is 1. The van der Waals surface area contributed by atoms with Crippen molar-refractivity contribution in [1.82, 2.24) is 4.98 Å². The lowest BCUT2D eigenvalue weighted by Gasteiger charge is -2.13. The molecule has 1 heterocycles. The van der Waals surface area contributed by atoms with E-state index in [1.54, 1.807) is 6.92 Å². The van der Waals surface area contributed by atoms with Crippen LogP contribution in [0.4, 0.5) is 8.78 Å². The molecule has 0 saturated carbocycles. The van der Waals surface area contributed by atoms with Crippen molar-refractivity contribution < 1.29 is 18.3 Å². The number of hydrogen-bond donors (Lipinski definition) is 1. The maximum absolute atomic E-state index is 12.9. The molecule has 0 aliphatic rings. The lowest BCUT2D eigenvalue weighted by atomic mass is 10.1. The van der Waals surface area contributed by atoms with Crippen LogP contribution >= 0.6 is 15.9 Å². The van der Waals surface area contributed by atoms with E-state index in [0.717, 1.165) is 0 Å². The number of alkyl halides is 2. The first-order valence-corrected chi connectivity index (χ1v) is 5.64. The van der Waals surface area contributed by atoms with Gasteiger partial charge >= 0.3 is 5.97 Å². The summed E-state index contributed by atoms with van der Waals surface area (Å²) in [5.41, 5.74) is 4.79. The third kappa shape index (κ3) is 2.98. The Morgan fingerprint density at radius 3 is 2.76 bits per heavy atom. The number of hydrogen-bond acceptors (Lipinski definition) is 4. The van der Waals surface area contributed by atoms with Gasteiger partial charge in [0, 0.05) is 18.3 Å². The molecule has 1 rings (SSSR count). The van der Waals surface area contributed by atoms with Gasteiger partial charge in [0.05, 0.1) is 6.61 Å². The molecular weight excluding hydrogens is 298 g/mol. The number of rotatable bonds is 4. The van der Waals surface area contributed by atoms with Gasteiger partial charge in [-0.15, -0.1) is 0 Å². The molecule has 2 N–H and O–H groups in total. The number of esters is 1. The minimum atomic E-state index is -2.81. The standard InChI is InChI=1S/C10H11BrF2N2O2/c1-2-17-10(16)7-6(9(12)13)5(3-14)4-15-8(7)11/h4,9H,2-3,14H2,1H3. The highest BCUT2D eigenvalue weighted by Crippen LogP contribution is 2.30. The third-order valence-electron chi connectivity index (χ3n) is 2.07. The Morgan fingerprint density at radius 1 is 1.65 bits per heavy atom. The highest BCUT2D eigenvalue weighted by Gasteiger charge is 2.26. The minimum Gasteiger partial charge on any atom is -0.462 e. The summed E-state index contributed by atoms with van der Waals surface area (Å²) in [5, 5.41) is 0. The predicted molar refractivity (Wildman–Crippen MR) is 60.7 cm³/mol. The van der Waals surface area contributed by atoms with Gasteiger partial charge < -0.3 is 10.5 Å². The third-order valence-corrected chi connectivity index (χ3v) is 2.67. The molecule has 0 aliphatic heterocycles. The van der Waals surface area contributed by atoms with Crippen molar-refractivity contribution in [2.75, 3.05) is 6.61 Å². The van der Waals surface area contributed by atoms with Gasteiger partial charge in [-0.2, -0.15) is 0 Å². The predicted octanol–water partition coefficient (Wildman–Crippen LogP) is 2.42. The Kier molecular flexibility index (Phi) is 4.95. The fourth-order valence-electron chi connectivity index (χ4n) is 1.35. The van der Waals surface area contributed by atoms with Crippen molar-refractivity contribution in [3.8, 4) is 0 Å². The molecule has 0 bridgehead atoms. The number of carbonyl (C=O) groups is 1. The van der Waals surface area contributed by atoms with Crippen molar-refractivity contribution >= 4 is 21.9 Å². The molecule has 0 spiro atoms. The van der Waals surface area contributed by atoms with Gasteiger partial charge in [-0.25, -0.2) is 18.6 Å². The smallest absolute Gasteiger partial charge is 0.341 e. The van der Waals surface area contributed by atoms with E-state index in [1.807, 2.05) is 0 Å². The highest BCUT2D eigenvalue weighted by atomic mass is 79.9. The van der Waals surface area contributed by atoms with E-state index in [4.69, 9.17) is 10.5 Å². The Bertz CT molecular complexity index is 427. The molecule has 0 aromatic carbocycles. The lowest BCUT2D eigenvalue weighted by molar-refractivity contribution is 0.0513. The number of nitrogens with zero attached hydrogens (tertiary/aromatic N) is 1. The van der Waals surface area contributed by atoms with Gasteiger partial charge in [-0.1, -0.05) is 0 Å². The number of halogens is 3. The maximum atomic E-state index is 12.9. The van der Waals surface area contributed by atoms with Crippen LogP contribution in [0.1, 0.15) is 34.8 Å². The number of aromatic nitrogens is 1. The zero-order valence-corrected chi connectivity index (χ0v) is 10.6. The molecule has 0 radical (unpaired) electrons. The first kappa shape index (κ1) is 14.0. The monoisotopic (exact) mass is 308 g/mol. The van der Waals surface area contributed by atoms with Crippen molar-refractivity contribution in [1.29, 1.82) is 0 Å². The van der Waals surface area contributed by atoms with Crippen molar-refractivity contribution in [2.45, 2.75) is 19.9 Å². The molecule has 4 nitrogen and oxygen atoms in total. The largest absolute Gasteiger partial charge is 0.462 e. The molecule has 1 aromatic rings. The van der Waals surface area contributed by atoms with Gasteiger partial charge in [-0.3, -0.25) is 0 Å². The zero-order valence-electron chi connectivity index (χ0n) is 9.04. The van der Waals surface area contributed by atoms with E-state index in [0.29, 0.717) is 0 Å². The summed E-state index contributed by atoms with van der Waals surface area (Å²) in [4.78, 5) is 15.4. The maximum Gasteiger partial charge on any atom is 0.341 e. The van der Waals surface area contributed by atoms with Gasteiger partial charge in [0.25, 0.3) is 6.43 Å². The average molecular weight is 309 g/mol. The van der Waals surface area contributed by atoms with Crippen molar-refractivity contribution in [2.24, 2.45) is 5.73 Å². The molecule has 0 aliphatic carbocycles. The first-order valence-electron chi connectivity index (χ1n) is 4.85. The van der Waals surface area contributed by atoms with Crippen molar-refractivity contribution in [3.63, 3.8) is 0 Å². The first-order chi connectivity index (χ1) is 8.02. The van der Waals surface area contributed by atoms with Crippen LogP contribution in [0.3, 0.4) is 0 Å². The molecule has 94 valence electrons. The molecule has 7 heteroatoms. The summed E-state index contributed by atoms with van der Waals surface area (Å²) in [6.45, 7) is 1.57. The van der Waals surface area contributed by atoms with Crippen LogP contribution in [-0.4, -0.2) is 17.6 Å². The van der Waals surface area contributed by atoms with E-state index in [-0.39, 0.29) is 28.9 Å². The van der Waals surface area contributed by atoms with Gasteiger partial charge in [-0.05, 0) is 28.4 Å². The van der Waals surface area contributed by atoms with Crippen LogP contribution < -0.4 is 5.73 Å². The summed E-state index contributed by atoms with van der Waals surface area (Å²) >= 11 is 2.96. The average Bonchev–Trinajstić information content (AvgIpc) is 2.28. The Balaban J connectivity index is 3.38. The van der Waals surface area contributed by atoms with E-state index < -0.39 is 18.0 Å². The Morgan fingerprint density at radius 2 is 2.29 bits per heavy atom. The summed E-state index contributed by atoms with van der Waals surface area (Å²) < 4.78 is 30.6. The SMILES string of the molecule is CCOC(=O)c1c(Br)ncc(CN)c1C(F)F. The summed E-state index contributed by atoms with van der Waals surface area (Å²) in [5.74, 6) is -0.836. The molecule has 0 unspecified atom stereocenters. The van der Waals surface area contributed by atoms with Crippen LogP contribution in [0.15, 0.2) is 10.8 Å². The molecule has 0 saturated heterocycles. The fraction of sp³-hybridized carbons (Fsp3) is 0.400. The quantitative estimate of drug-likeness (QED) is 0.685. The number of nitrogens with two attached hydrogens (primary N) is 1. The van der Waals surface area contributed by atoms with Crippen LogP contribution in [0.5, 0.6) is 0 Å². The number of ether oxygens (including phenoxy) is 1. The van der Waals surface area contributed by atoms with E-state index >= 15 is 0 Å². The zero-order chi connectivity index (χ0) is 13.0. The Hall–Kier alpha value is -1.08. The van der Waals surface area contributed by atoms with Crippen molar-refractivity contribution in [3.05, 3.63) is 27.5 Å². The van der Waals surface area contributed by atoms with Crippen LogP contribution in [-0.2, 0) is 11.3 Å². The van der Waals surface area contributed by atoms with E-state index in [9.17, 15) is 13.6 Å². The lowest BCUT2D eigenvalue weighted by Crippen LogP contribution is -2.14. The minimum absolute atomic E-state index is 0.0310. The van der Waals surface area contributed by atoms with Gasteiger partial charge in [0.15, 0.2) is 0 Å². The highest BCUT2D eigenvalue weighted by molar-refractivity contribution is 9.10. The molecule has 0 amide bonds. The summed E-state index contributed by atoms with van der Waals surface area (Å²) in [6.07, 6.45) is -1.60. The molecule has 17 heavy (non-hydrogen) atoms. The fourth-order valence-corrected chi connectivity index (χ4v) is 1.83. The van der Waals surface area contributed by atoms with Gasteiger partial charge in [0.2, 0.25) is 0 Å². The van der Waals surface area contributed by atoms with Crippen LogP contribution in [0.2, 0.25) is 0 Å². The second-order valence-electron chi connectivity index (χ2n) is 3.09. The normalized spacial score (nSPS) is 10.7. The Labute approximate surface area is 105 Å². The molecule has 1 aromatic heterocycles. The van der Waals surface area contributed by atoms with Crippen LogP contribution in [0, 0.1) is 0 Å². The van der Waals surface area contributed by atoms with Crippen LogP contribution in [0.25, 0.3) is 0 Å². The number of pyridine rings is 1. The summed E-state index contributed by atoms with van der Waals surface area (Å²) in [6, 6.07) is 0. The molecule has 0 atom stereocenters. The van der Waals surface area contributed by atoms with Gasteiger partial charge in [0.1, 0.15) is 10.2 Å². The van der Waals surface area contributed by atoms with E-state index in [2.05, 4.69) is 20.9 Å².